The molecule has 3 aromatic rings. The molecule has 0 saturated heterocycles. The van der Waals surface area contributed by atoms with Crippen molar-refractivity contribution in [3.8, 4) is 11.5 Å². The molecule has 5 nitrogen and oxygen atoms in total. The number of para-hydroxylation sites is 1. The highest BCUT2D eigenvalue weighted by atomic mass is 35.5. The van der Waals surface area contributed by atoms with Crippen molar-refractivity contribution in [1.82, 2.24) is 0 Å². The van der Waals surface area contributed by atoms with Gasteiger partial charge in [0.1, 0.15) is 0 Å². The standard InChI is InChI=1S/C23H22Cl2N2O3/c1-2-29-22-13-16(14-26-18-10-8-17(24)9-11-18)7-12-21(22)30-15-23(28)27-20-6-4-3-5-19(20)25/h3-13,26H,2,14-15H2,1H3,(H,27,28). The Morgan fingerprint density at radius 3 is 2.43 bits per heavy atom. The smallest absolute Gasteiger partial charge is 0.262 e. The second-order valence-electron chi connectivity index (χ2n) is 6.39. The fourth-order valence-corrected chi connectivity index (χ4v) is 3.02. The molecular formula is C23H22Cl2N2O3. The predicted octanol–water partition coefficient (Wildman–Crippen LogP) is 6.02. The molecule has 3 rings (SSSR count). The van der Waals surface area contributed by atoms with E-state index < -0.39 is 0 Å². The molecule has 30 heavy (non-hydrogen) atoms. The van der Waals surface area contributed by atoms with Crippen molar-refractivity contribution in [2.45, 2.75) is 13.5 Å². The van der Waals surface area contributed by atoms with E-state index in [4.69, 9.17) is 32.7 Å². The third kappa shape index (κ3) is 6.31. The van der Waals surface area contributed by atoms with Gasteiger partial charge in [0.15, 0.2) is 18.1 Å². The summed E-state index contributed by atoms with van der Waals surface area (Å²) in [4.78, 5) is 12.2. The van der Waals surface area contributed by atoms with Crippen molar-refractivity contribution in [1.29, 1.82) is 0 Å². The minimum Gasteiger partial charge on any atom is -0.490 e. The molecule has 0 aliphatic carbocycles. The van der Waals surface area contributed by atoms with Crippen LogP contribution in [-0.4, -0.2) is 19.1 Å². The van der Waals surface area contributed by atoms with Gasteiger partial charge in [-0.2, -0.15) is 0 Å². The second kappa shape index (κ2) is 10.8. The Morgan fingerprint density at radius 1 is 0.933 bits per heavy atom. The Kier molecular flexibility index (Phi) is 7.82. The van der Waals surface area contributed by atoms with Gasteiger partial charge in [-0.3, -0.25) is 4.79 Å². The zero-order valence-electron chi connectivity index (χ0n) is 16.5. The lowest BCUT2D eigenvalue weighted by Gasteiger charge is -2.14. The summed E-state index contributed by atoms with van der Waals surface area (Å²) in [5.41, 5.74) is 2.52. The Bertz CT molecular complexity index is 994. The second-order valence-corrected chi connectivity index (χ2v) is 7.23. The fourth-order valence-electron chi connectivity index (χ4n) is 2.71. The molecule has 0 spiro atoms. The first-order valence-electron chi connectivity index (χ1n) is 9.47. The summed E-state index contributed by atoms with van der Waals surface area (Å²) in [7, 11) is 0. The number of hydrogen-bond acceptors (Lipinski definition) is 4. The third-order valence-corrected chi connectivity index (χ3v) is 4.74. The van der Waals surface area contributed by atoms with Gasteiger partial charge < -0.3 is 20.1 Å². The number of halogens is 2. The summed E-state index contributed by atoms with van der Waals surface area (Å²) in [6, 6.07) is 20.2. The van der Waals surface area contributed by atoms with Crippen LogP contribution in [0, 0.1) is 0 Å². The van der Waals surface area contributed by atoms with Crippen molar-refractivity contribution >= 4 is 40.5 Å². The van der Waals surface area contributed by atoms with Crippen LogP contribution in [0.25, 0.3) is 0 Å². The number of carbonyl (C=O) groups is 1. The van der Waals surface area contributed by atoms with E-state index >= 15 is 0 Å². The fraction of sp³-hybridized carbons (Fsp3) is 0.174. The summed E-state index contributed by atoms with van der Waals surface area (Å²) in [6.45, 7) is 2.82. The van der Waals surface area contributed by atoms with Crippen LogP contribution < -0.4 is 20.1 Å². The lowest BCUT2D eigenvalue weighted by atomic mass is 10.2. The lowest BCUT2D eigenvalue weighted by Crippen LogP contribution is -2.20. The van der Waals surface area contributed by atoms with E-state index in [9.17, 15) is 4.79 Å². The highest BCUT2D eigenvalue weighted by Crippen LogP contribution is 2.29. The summed E-state index contributed by atoms with van der Waals surface area (Å²) in [6.07, 6.45) is 0. The van der Waals surface area contributed by atoms with Gasteiger partial charge >= 0.3 is 0 Å². The zero-order valence-corrected chi connectivity index (χ0v) is 18.0. The molecule has 0 unspecified atom stereocenters. The van der Waals surface area contributed by atoms with E-state index in [1.165, 1.54) is 0 Å². The number of ether oxygens (including phenoxy) is 2. The molecule has 0 aromatic heterocycles. The minimum absolute atomic E-state index is 0.159. The molecule has 0 atom stereocenters. The largest absolute Gasteiger partial charge is 0.490 e. The number of amides is 1. The number of rotatable bonds is 9. The normalized spacial score (nSPS) is 10.4. The Hall–Kier alpha value is -2.89. The minimum atomic E-state index is -0.306. The van der Waals surface area contributed by atoms with Crippen LogP contribution in [0.15, 0.2) is 66.7 Å². The van der Waals surface area contributed by atoms with Gasteiger partial charge in [0.05, 0.1) is 17.3 Å². The average molecular weight is 445 g/mol. The topological polar surface area (TPSA) is 59.6 Å². The van der Waals surface area contributed by atoms with E-state index in [1.807, 2.05) is 43.3 Å². The Morgan fingerprint density at radius 2 is 1.70 bits per heavy atom. The highest BCUT2D eigenvalue weighted by Gasteiger charge is 2.11. The van der Waals surface area contributed by atoms with Gasteiger partial charge in [0.2, 0.25) is 0 Å². The van der Waals surface area contributed by atoms with Gasteiger partial charge in [0.25, 0.3) is 5.91 Å². The Balaban J connectivity index is 1.60. The molecular weight excluding hydrogens is 423 g/mol. The van der Waals surface area contributed by atoms with Crippen molar-refractivity contribution in [3.05, 3.63) is 82.3 Å². The van der Waals surface area contributed by atoms with Gasteiger partial charge in [-0.15, -0.1) is 0 Å². The van der Waals surface area contributed by atoms with Crippen molar-refractivity contribution in [3.63, 3.8) is 0 Å². The molecule has 1 amide bonds. The molecule has 0 bridgehead atoms. The number of carbonyl (C=O) groups excluding carboxylic acids is 1. The molecule has 0 radical (unpaired) electrons. The summed E-state index contributed by atoms with van der Waals surface area (Å²) >= 11 is 12.0. The third-order valence-electron chi connectivity index (χ3n) is 4.16. The molecule has 0 aliphatic heterocycles. The predicted molar refractivity (Wildman–Crippen MR) is 122 cm³/mol. The molecule has 0 fully saturated rings. The lowest BCUT2D eigenvalue weighted by molar-refractivity contribution is -0.118. The van der Waals surface area contributed by atoms with Gasteiger partial charge in [0, 0.05) is 17.3 Å². The average Bonchev–Trinajstić information content (AvgIpc) is 2.74. The maximum atomic E-state index is 12.2. The van der Waals surface area contributed by atoms with E-state index in [0.717, 1.165) is 11.3 Å². The van der Waals surface area contributed by atoms with Crippen LogP contribution in [-0.2, 0) is 11.3 Å². The molecule has 0 aliphatic rings. The van der Waals surface area contributed by atoms with Gasteiger partial charge in [-0.25, -0.2) is 0 Å². The maximum Gasteiger partial charge on any atom is 0.262 e. The van der Waals surface area contributed by atoms with Crippen LogP contribution in [0.1, 0.15) is 12.5 Å². The van der Waals surface area contributed by atoms with E-state index in [1.54, 1.807) is 30.3 Å². The first kappa shape index (κ1) is 21.8. The monoisotopic (exact) mass is 444 g/mol. The molecule has 0 heterocycles. The van der Waals surface area contributed by atoms with Crippen molar-refractivity contribution < 1.29 is 14.3 Å². The van der Waals surface area contributed by atoms with E-state index in [0.29, 0.717) is 40.4 Å². The quantitative estimate of drug-likeness (QED) is 0.423. The van der Waals surface area contributed by atoms with E-state index in [2.05, 4.69) is 10.6 Å². The van der Waals surface area contributed by atoms with Crippen LogP contribution >= 0.6 is 23.2 Å². The summed E-state index contributed by atoms with van der Waals surface area (Å²) in [5.74, 6) is 0.777. The first-order chi connectivity index (χ1) is 14.5. The van der Waals surface area contributed by atoms with Gasteiger partial charge in [-0.05, 0) is 61.0 Å². The molecule has 0 saturated carbocycles. The molecule has 2 N–H and O–H groups in total. The summed E-state index contributed by atoms with van der Waals surface area (Å²) in [5, 5.41) is 7.22. The molecule has 3 aromatic carbocycles. The van der Waals surface area contributed by atoms with Gasteiger partial charge in [-0.1, -0.05) is 41.4 Å². The Labute approximate surface area is 185 Å². The summed E-state index contributed by atoms with van der Waals surface area (Å²) < 4.78 is 11.4. The number of hydrogen-bond donors (Lipinski definition) is 2. The van der Waals surface area contributed by atoms with Crippen LogP contribution in [0.2, 0.25) is 10.0 Å². The SMILES string of the molecule is CCOc1cc(CNc2ccc(Cl)cc2)ccc1OCC(=O)Nc1ccccc1Cl. The number of benzene rings is 3. The van der Waals surface area contributed by atoms with Crippen LogP contribution in [0.3, 0.4) is 0 Å². The van der Waals surface area contributed by atoms with Crippen LogP contribution in [0.5, 0.6) is 11.5 Å². The first-order valence-corrected chi connectivity index (χ1v) is 10.2. The van der Waals surface area contributed by atoms with Crippen LogP contribution in [0.4, 0.5) is 11.4 Å². The maximum absolute atomic E-state index is 12.2. The van der Waals surface area contributed by atoms with Crippen molar-refractivity contribution in [2.75, 3.05) is 23.8 Å². The molecule has 7 heteroatoms. The van der Waals surface area contributed by atoms with E-state index in [-0.39, 0.29) is 12.5 Å². The molecule has 156 valence electrons. The number of anilines is 2. The highest BCUT2D eigenvalue weighted by molar-refractivity contribution is 6.33. The zero-order chi connectivity index (χ0) is 21.3. The van der Waals surface area contributed by atoms with Crippen molar-refractivity contribution in [2.24, 2.45) is 0 Å². The number of nitrogens with one attached hydrogen (secondary N) is 2.